The normalized spacial score (nSPS) is 10.1. The zero-order chi connectivity index (χ0) is 13.1. The number of nitrogens with zero attached hydrogens (tertiary/aromatic N) is 1. The number of carboxylic acid groups (broad SMARTS) is 1. The van der Waals surface area contributed by atoms with Gasteiger partial charge >= 0.3 is 5.97 Å². The molecule has 0 saturated heterocycles. The molecular weight excluding hydrogens is 254 g/mol. The van der Waals surface area contributed by atoms with E-state index in [9.17, 15) is 4.79 Å². The first-order valence-corrected chi connectivity index (χ1v) is 5.57. The van der Waals surface area contributed by atoms with Gasteiger partial charge in [0.1, 0.15) is 11.3 Å². The van der Waals surface area contributed by atoms with Crippen molar-refractivity contribution in [1.29, 1.82) is 0 Å². The summed E-state index contributed by atoms with van der Waals surface area (Å²) < 4.78 is 5.43. The number of aromatic carboxylic acids is 1. The van der Waals surface area contributed by atoms with Crippen LogP contribution in [0.1, 0.15) is 15.9 Å². The van der Waals surface area contributed by atoms with Gasteiger partial charge in [0.15, 0.2) is 0 Å². The van der Waals surface area contributed by atoms with Crippen molar-refractivity contribution in [2.24, 2.45) is 0 Å². The largest absolute Gasteiger partial charge is 0.478 e. The number of benzene rings is 1. The van der Waals surface area contributed by atoms with Crippen molar-refractivity contribution >= 4 is 17.6 Å². The molecule has 2 rings (SSSR count). The number of halogens is 1. The van der Waals surface area contributed by atoms with Crippen molar-refractivity contribution in [3.05, 3.63) is 52.7 Å². The monoisotopic (exact) mass is 263 g/mol. The number of hydrogen-bond acceptors (Lipinski definition) is 3. The first kappa shape index (κ1) is 12.4. The standard InChI is InChI=1S/C13H10ClNO3/c1-8-2-5-12(15-7-8)18-11-6-9(14)3-4-10(11)13(16)17/h2-7H,1H3,(H,16,17). The molecule has 0 unspecified atom stereocenters. The van der Waals surface area contributed by atoms with Crippen molar-refractivity contribution in [3.8, 4) is 11.6 Å². The maximum absolute atomic E-state index is 11.0. The molecule has 0 saturated carbocycles. The molecule has 2 aromatic rings. The predicted octanol–water partition coefficient (Wildman–Crippen LogP) is 3.53. The highest BCUT2D eigenvalue weighted by Gasteiger charge is 2.12. The maximum Gasteiger partial charge on any atom is 0.339 e. The molecule has 1 N–H and O–H groups in total. The second-order valence-corrected chi connectivity index (χ2v) is 4.16. The van der Waals surface area contributed by atoms with Gasteiger partial charge < -0.3 is 9.84 Å². The summed E-state index contributed by atoms with van der Waals surface area (Å²) >= 11 is 5.82. The number of carbonyl (C=O) groups is 1. The average molecular weight is 264 g/mol. The van der Waals surface area contributed by atoms with E-state index in [4.69, 9.17) is 21.4 Å². The van der Waals surface area contributed by atoms with E-state index in [-0.39, 0.29) is 11.3 Å². The summed E-state index contributed by atoms with van der Waals surface area (Å²) in [5.41, 5.74) is 1.04. The molecule has 18 heavy (non-hydrogen) atoms. The van der Waals surface area contributed by atoms with E-state index in [1.807, 2.05) is 13.0 Å². The van der Waals surface area contributed by atoms with Gasteiger partial charge in [-0.1, -0.05) is 17.7 Å². The first-order valence-electron chi connectivity index (χ1n) is 5.19. The Bertz CT molecular complexity index is 581. The van der Waals surface area contributed by atoms with Gasteiger partial charge in [0.2, 0.25) is 5.88 Å². The predicted molar refractivity (Wildman–Crippen MR) is 67.5 cm³/mol. The molecule has 1 heterocycles. The minimum absolute atomic E-state index is 0.0433. The fourth-order valence-electron chi connectivity index (χ4n) is 1.38. The molecule has 0 atom stereocenters. The van der Waals surface area contributed by atoms with E-state index in [1.165, 1.54) is 18.2 Å². The number of rotatable bonds is 3. The van der Waals surface area contributed by atoms with Gasteiger partial charge in [-0.3, -0.25) is 0 Å². The quantitative estimate of drug-likeness (QED) is 0.920. The molecule has 0 aliphatic heterocycles. The van der Waals surface area contributed by atoms with Crippen LogP contribution in [0.4, 0.5) is 0 Å². The lowest BCUT2D eigenvalue weighted by Gasteiger charge is -2.08. The van der Waals surface area contributed by atoms with Crippen LogP contribution in [-0.4, -0.2) is 16.1 Å². The van der Waals surface area contributed by atoms with E-state index < -0.39 is 5.97 Å². The fraction of sp³-hybridized carbons (Fsp3) is 0.0769. The van der Waals surface area contributed by atoms with Gasteiger partial charge in [-0.05, 0) is 24.6 Å². The minimum atomic E-state index is -1.08. The first-order chi connectivity index (χ1) is 8.56. The molecule has 0 aliphatic carbocycles. The number of pyridine rings is 1. The van der Waals surface area contributed by atoms with Crippen LogP contribution in [0.5, 0.6) is 11.6 Å². The van der Waals surface area contributed by atoms with Crippen LogP contribution in [0.25, 0.3) is 0 Å². The van der Waals surface area contributed by atoms with Crippen LogP contribution in [-0.2, 0) is 0 Å². The van der Waals surface area contributed by atoms with E-state index >= 15 is 0 Å². The Morgan fingerprint density at radius 2 is 2.11 bits per heavy atom. The molecule has 0 spiro atoms. The number of ether oxygens (including phenoxy) is 1. The Balaban J connectivity index is 2.35. The second-order valence-electron chi connectivity index (χ2n) is 3.72. The zero-order valence-electron chi connectivity index (χ0n) is 9.55. The number of carboxylic acids is 1. The Morgan fingerprint density at radius 1 is 1.33 bits per heavy atom. The Labute approximate surface area is 109 Å². The smallest absolute Gasteiger partial charge is 0.339 e. The number of aryl methyl sites for hydroxylation is 1. The molecule has 0 aliphatic rings. The Kier molecular flexibility index (Phi) is 3.48. The second kappa shape index (κ2) is 5.06. The van der Waals surface area contributed by atoms with Gasteiger partial charge in [0.25, 0.3) is 0 Å². The summed E-state index contributed by atoms with van der Waals surface area (Å²) in [7, 11) is 0. The summed E-state index contributed by atoms with van der Waals surface area (Å²) in [6.07, 6.45) is 1.64. The highest BCUT2D eigenvalue weighted by atomic mass is 35.5. The van der Waals surface area contributed by atoms with Crippen molar-refractivity contribution in [2.45, 2.75) is 6.92 Å². The molecule has 1 aromatic carbocycles. The summed E-state index contributed by atoms with van der Waals surface area (Å²) in [5, 5.41) is 9.44. The van der Waals surface area contributed by atoms with Crippen LogP contribution in [0, 0.1) is 6.92 Å². The van der Waals surface area contributed by atoms with Crippen LogP contribution in [0.3, 0.4) is 0 Å². The summed E-state index contributed by atoms with van der Waals surface area (Å²) in [4.78, 5) is 15.1. The summed E-state index contributed by atoms with van der Waals surface area (Å²) in [5.74, 6) is -0.578. The number of hydrogen-bond donors (Lipinski definition) is 1. The van der Waals surface area contributed by atoms with Crippen LogP contribution in [0.15, 0.2) is 36.5 Å². The molecule has 0 bridgehead atoms. The van der Waals surface area contributed by atoms with E-state index in [1.54, 1.807) is 12.3 Å². The van der Waals surface area contributed by atoms with Crippen LogP contribution >= 0.6 is 11.6 Å². The van der Waals surface area contributed by atoms with Gasteiger partial charge in [-0.25, -0.2) is 9.78 Å². The third kappa shape index (κ3) is 2.78. The van der Waals surface area contributed by atoms with Gasteiger partial charge in [-0.15, -0.1) is 0 Å². The Hall–Kier alpha value is -2.07. The maximum atomic E-state index is 11.0. The molecular formula is C13H10ClNO3. The van der Waals surface area contributed by atoms with E-state index in [2.05, 4.69) is 4.98 Å². The van der Waals surface area contributed by atoms with Crippen molar-refractivity contribution in [2.75, 3.05) is 0 Å². The molecule has 1 aromatic heterocycles. The molecule has 0 fully saturated rings. The molecule has 0 amide bonds. The molecule has 4 nitrogen and oxygen atoms in total. The van der Waals surface area contributed by atoms with Crippen molar-refractivity contribution < 1.29 is 14.6 Å². The molecule has 5 heteroatoms. The van der Waals surface area contributed by atoms with Gasteiger partial charge in [0.05, 0.1) is 0 Å². The van der Waals surface area contributed by atoms with Crippen LogP contribution in [0.2, 0.25) is 5.02 Å². The molecule has 92 valence electrons. The minimum Gasteiger partial charge on any atom is -0.478 e. The van der Waals surface area contributed by atoms with E-state index in [0.717, 1.165) is 5.56 Å². The highest BCUT2D eigenvalue weighted by molar-refractivity contribution is 6.30. The fourth-order valence-corrected chi connectivity index (χ4v) is 1.55. The van der Waals surface area contributed by atoms with Crippen molar-refractivity contribution in [3.63, 3.8) is 0 Å². The zero-order valence-corrected chi connectivity index (χ0v) is 10.3. The summed E-state index contributed by atoms with van der Waals surface area (Å²) in [6.45, 7) is 1.90. The Morgan fingerprint density at radius 3 is 2.72 bits per heavy atom. The SMILES string of the molecule is Cc1ccc(Oc2cc(Cl)ccc2C(=O)O)nc1. The average Bonchev–Trinajstić information content (AvgIpc) is 2.32. The lowest BCUT2D eigenvalue weighted by Crippen LogP contribution is -2.00. The third-order valence-corrected chi connectivity index (χ3v) is 2.51. The van der Waals surface area contributed by atoms with Gasteiger partial charge in [0, 0.05) is 23.4 Å². The highest BCUT2D eigenvalue weighted by Crippen LogP contribution is 2.27. The van der Waals surface area contributed by atoms with Gasteiger partial charge in [-0.2, -0.15) is 0 Å². The number of aromatic nitrogens is 1. The molecule has 0 radical (unpaired) electrons. The topological polar surface area (TPSA) is 59.4 Å². The van der Waals surface area contributed by atoms with Crippen LogP contribution < -0.4 is 4.74 Å². The summed E-state index contributed by atoms with van der Waals surface area (Å²) in [6, 6.07) is 7.84. The lowest BCUT2D eigenvalue weighted by molar-refractivity contribution is 0.0694. The van der Waals surface area contributed by atoms with E-state index in [0.29, 0.717) is 10.9 Å². The third-order valence-electron chi connectivity index (χ3n) is 2.27. The van der Waals surface area contributed by atoms with Crippen molar-refractivity contribution in [1.82, 2.24) is 4.98 Å². The lowest BCUT2D eigenvalue weighted by atomic mass is 10.2.